The van der Waals surface area contributed by atoms with E-state index in [-0.39, 0.29) is 0 Å². The van der Waals surface area contributed by atoms with Gasteiger partial charge in [-0.15, -0.1) is 0 Å². The van der Waals surface area contributed by atoms with Gasteiger partial charge in [0.05, 0.1) is 5.56 Å². The molecule has 3 aromatic rings. The van der Waals surface area contributed by atoms with E-state index in [2.05, 4.69) is 9.97 Å². The first-order valence-corrected chi connectivity index (χ1v) is 6.93. The lowest BCUT2D eigenvalue weighted by atomic mass is 10.1. The van der Waals surface area contributed by atoms with Crippen molar-refractivity contribution in [3.63, 3.8) is 0 Å². The molecule has 110 valence electrons. The highest BCUT2D eigenvalue weighted by atomic mass is 16.4. The van der Waals surface area contributed by atoms with Gasteiger partial charge in [0.2, 0.25) is 0 Å². The number of imidazole rings is 1. The highest BCUT2D eigenvalue weighted by Crippen LogP contribution is 2.11. The summed E-state index contributed by atoms with van der Waals surface area (Å²) in [5.41, 5.74) is 2.38. The maximum absolute atomic E-state index is 11.0. The minimum atomic E-state index is -0.913. The molecule has 5 heteroatoms. The molecule has 0 bridgehead atoms. The lowest BCUT2D eigenvalue weighted by molar-refractivity contribution is 0.0696. The first-order valence-electron chi connectivity index (χ1n) is 6.93. The molecule has 0 spiro atoms. The third kappa shape index (κ3) is 3.20. The highest BCUT2D eigenvalue weighted by Gasteiger charge is 2.07. The Morgan fingerprint density at radius 1 is 1.09 bits per heavy atom. The Morgan fingerprint density at radius 2 is 1.91 bits per heavy atom. The second kappa shape index (κ2) is 6.22. The van der Waals surface area contributed by atoms with Gasteiger partial charge in [-0.2, -0.15) is 0 Å². The topological polar surface area (TPSA) is 68.0 Å². The molecule has 0 atom stereocenters. The maximum atomic E-state index is 11.0. The van der Waals surface area contributed by atoms with Crippen LogP contribution in [0.5, 0.6) is 0 Å². The standard InChI is InChI=1S/C17H15N3O2/c21-17(22)15-3-1-2-14(10-15)12-20-9-8-19-16(20)11-13-4-6-18-7-5-13/h1-10H,11-12H2,(H,21,22). The van der Waals surface area contributed by atoms with Crippen molar-refractivity contribution in [2.24, 2.45) is 0 Å². The second-order valence-corrected chi connectivity index (χ2v) is 5.01. The fourth-order valence-electron chi connectivity index (χ4n) is 2.33. The number of rotatable bonds is 5. The molecule has 0 fully saturated rings. The van der Waals surface area contributed by atoms with Gasteiger partial charge in [-0.1, -0.05) is 12.1 Å². The molecular formula is C17H15N3O2. The lowest BCUT2D eigenvalue weighted by Gasteiger charge is -2.09. The Kier molecular flexibility index (Phi) is 3.96. The Hall–Kier alpha value is -2.95. The summed E-state index contributed by atoms with van der Waals surface area (Å²) in [5.74, 6) is 0.0245. The van der Waals surface area contributed by atoms with Crippen molar-refractivity contribution in [3.8, 4) is 0 Å². The lowest BCUT2D eigenvalue weighted by Crippen LogP contribution is -2.06. The predicted molar refractivity (Wildman–Crippen MR) is 81.8 cm³/mol. The molecule has 0 radical (unpaired) electrons. The van der Waals surface area contributed by atoms with Crippen LogP contribution >= 0.6 is 0 Å². The van der Waals surface area contributed by atoms with Crippen molar-refractivity contribution in [2.45, 2.75) is 13.0 Å². The molecule has 0 saturated heterocycles. The third-order valence-corrected chi connectivity index (χ3v) is 3.44. The summed E-state index contributed by atoms with van der Waals surface area (Å²) < 4.78 is 2.03. The summed E-state index contributed by atoms with van der Waals surface area (Å²) in [6, 6.07) is 10.9. The van der Waals surface area contributed by atoms with Crippen LogP contribution in [-0.2, 0) is 13.0 Å². The number of carbonyl (C=O) groups is 1. The number of benzene rings is 1. The van der Waals surface area contributed by atoms with Gasteiger partial charge in [-0.25, -0.2) is 9.78 Å². The average Bonchev–Trinajstić information content (AvgIpc) is 2.95. The van der Waals surface area contributed by atoms with E-state index in [9.17, 15) is 4.79 Å². The molecule has 0 aliphatic heterocycles. The molecule has 1 N–H and O–H groups in total. The number of aromatic carboxylic acids is 1. The van der Waals surface area contributed by atoms with Crippen LogP contribution in [0.25, 0.3) is 0 Å². The van der Waals surface area contributed by atoms with Crippen molar-refractivity contribution < 1.29 is 9.90 Å². The molecule has 1 aromatic carbocycles. The molecule has 3 rings (SSSR count). The summed E-state index contributed by atoms with van der Waals surface area (Å²) in [7, 11) is 0. The van der Waals surface area contributed by atoms with Crippen LogP contribution in [0.15, 0.2) is 61.2 Å². The van der Waals surface area contributed by atoms with Crippen molar-refractivity contribution in [1.82, 2.24) is 14.5 Å². The molecule has 5 nitrogen and oxygen atoms in total. The SMILES string of the molecule is O=C(O)c1cccc(Cn2ccnc2Cc2ccncc2)c1. The van der Waals surface area contributed by atoms with E-state index in [1.807, 2.05) is 29.0 Å². The molecule has 0 saturated carbocycles. The Bertz CT molecular complexity index is 781. The zero-order chi connectivity index (χ0) is 15.4. The number of carboxylic acid groups (broad SMARTS) is 1. The number of pyridine rings is 1. The summed E-state index contributed by atoms with van der Waals surface area (Å²) >= 11 is 0. The van der Waals surface area contributed by atoms with E-state index in [0.717, 1.165) is 17.0 Å². The van der Waals surface area contributed by atoms with E-state index in [1.165, 1.54) is 0 Å². The van der Waals surface area contributed by atoms with Crippen LogP contribution in [0.4, 0.5) is 0 Å². The molecule has 0 aliphatic carbocycles. The van der Waals surface area contributed by atoms with Gasteiger partial charge in [0.15, 0.2) is 0 Å². The van der Waals surface area contributed by atoms with E-state index in [4.69, 9.17) is 5.11 Å². The Balaban J connectivity index is 1.80. The number of hydrogen-bond acceptors (Lipinski definition) is 3. The number of carboxylic acids is 1. The zero-order valence-corrected chi connectivity index (χ0v) is 11.9. The predicted octanol–water partition coefficient (Wildman–Crippen LogP) is 2.62. The van der Waals surface area contributed by atoms with Crippen LogP contribution < -0.4 is 0 Å². The quantitative estimate of drug-likeness (QED) is 0.785. The van der Waals surface area contributed by atoms with E-state index in [1.54, 1.807) is 36.8 Å². The number of nitrogens with zero attached hydrogens (tertiary/aromatic N) is 3. The third-order valence-electron chi connectivity index (χ3n) is 3.44. The highest BCUT2D eigenvalue weighted by molar-refractivity contribution is 5.87. The van der Waals surface area contributed by atoms with Gasteiger partial charge in [-0.05, 0) is 35.4 Å². The van der Waals surface area contributed by atoms with Crippen LogP contribution in [0.1, 0.15) is 27.3 Å². The first kappa shape index (κ1) is 14.0. The largest absolute Gasteiger partial charge is 0.478 e. The second-order valence-electron chi connectivity index (χ2n) is 5.01. The normalized spacial score (nSPS) is 10.5. The zero-order valence-electron chi connectivity index (χ0n) is 11.9. The summed E-state index contributed by atoms with van der Waals surface area (Å²) in [5, 5.41) is 9.06. The first-order chi connectivity index (χ1) is 10.7. The minimum absolute atomic E-state index is 0.299. The monoisotopic (exact) mass is 293 g/mol. The van der Waals surface area contributed by atoms with Crippen molar-refractivity contribution in [2.75, 3.05) is 0 Å². The average molecular weight is 293 g/mol. The van der Waals surface area contributed by atoms with E-state index in [0.29, 0.717) is 18.5 Å². The fourth-order valence-corrected chi connectivity index (χ4v) is 2.33. The number of hydrogen-bond donors (Lipinski definition) is 1. The van der Waals surface area contributed by atoms with Crippen molar-refractivity contribution in [1.29, 1.82) is 0 Å². The maximum Gasteiger partial charge on any atom is 0.335 e. The van der Waals surface area contributed by atoms with Crippen LogP contribution in [-0.4, -0.2) is 25.6 Å². The smallest absolute Gasteiger partial charge is 0.335 e. The molecule has 22 heavy (non-hydrogen) atoms. The van der Waals surface area contributed by atoms with E-state index < -0.39 is 5.97 Å². The Morgan fingerprint density at radius 3 is 2.68 bits per heavy atom. The molecular weight excluding hydrogens is 278 g/mol. The summed E-state index contributed by atoms with van der Waals surface area (Å²) in [6.07, 6.45) is 7.91. The van der Waals surface area contributed by atoms with Gasteiger partial charge >= 0.3 is 5.97 Å². The minimum Gasteiger partial charge on any atom is -0.478 e. The Labute approximate surface area is 127 Å². The van der Waals surface area contributed by atoms with Gasteiger partial charge in [0.25, 0.3) is 0 Å². The van der Waals surface area contributed by atoms with Crippen LogP contribution in [0.3, 0.4) is 0 Å². The van der Waals surface area contributed by atoms with Crippen LogP contribution in [0, 0.1) is 0 Å². The summed E-state index contributed by atoms with van der Waals surface area (Å²) in [4.78, 5) is 19.4. The van der Waals surface area contributed by atoms with Gasteiger partial charge in [0.1, 0.15) is 5.82 Å². The van der Waals surface area contributed by atoms with Crippen molar-refractivity contribution >= 4 is 5.97 Å². The van der Waals surface area contributed by atoms with Gasteiger partial charge in [0, 0.05) is 37.8 Å². The van der Waals surface area contributed by atoms with Gasteiger partial charge in [-0.3, -0.25) is 4.98 Å². The molecule has 2 aromatic heterocycles. The van der Waals surface area contributed by atoms with Crippen LogP contribution in [0.2, 0.25) is 0 Å². The fraction of sp³-hybridized carbons (Fsp3) is 0.118. The van der Waals surface area contributed by atoms with E-state index >= 15 is 0 Å². The molecule has 0 unspecified atom stereocenters. The molecule has 0 aliphatic rings. The summed E-state index contributed by atoms with van der Waals surface area (Å²) in [6.45, 7) is 0.599. The van der Waals surface area contributed by atoms with Gasteiger partial charge < -0.3 is 9.67 Å². The number of aromatic nitrogens is 3. The molecule has 2 heterocycles. The van der Waals surface area contributed by atoms with Crippen molar-refractivity contribution in [3.05, 3.63) is 83.7 Å². The molecule has 0 amide bonds.